The van der Waals surface area contributed by atoms with E-state index < -0.39 is 31.0 Å². The molecule has 0 saturated carbocycles. The molecule has 0 bridgehead atoms. The monoisotopic (exact) mass is 421 g/mol. The number of benzene rings is 1. The van der Waals surface area contributed by atoms with E-state index in [0.29, 0.717) is 0 Å². The van der Waals surface area contributed by atoms with Gasteiger partial charge >= 0.3 is 11.9 Å². The Labute approximate surface area is 161 Å². The van der Waals surface area contributed by atoms with Gasteiger partial charge in [-0.25, -0.2) is 4.79 Å². The largest absolute Gasteiger partial charge is 0.480 e. The molecule has 1 aliphatic heterocycles. The Bertz CT molecular complexity index is 811. The Balaban J connectivity index is 2.40. The summed E-state index contributed by atoms with van der Waals surface area (Å²) < 4.78 is 5.25. The van der Waals surface area contributed by atoms with Crippen LogP contribution in [0.2, 0.25) is 10.0 Å². The van der Waals surface area contributed by atoms with E-state index >= 15 is 0 Å². The molecule has 1 aromatic rings. The van der Waals surface area contributed by atoms with Gasteiger partial charge in [-0.05, 0) is 18.2 Å². The maximum absolute atomic E-state index is 12.3. The molecule has 25 heavy (non-hydrogen) atoms. The zero-order chi connectivity index (χ0) is 18.7. The third-order valence-electron chi connectivity index (χ3n) is 2.83. The summed E-state index contributed by atoms with van der Waals surface area (Å²) >= 11 is 17.9. The van der Waals surface area contributed by atoms with Crippen molar-refractivity contribution in [1.29, 1.82) is 0 Å². The quantitative estimate of drug-likeness (QED) is 0.533. The van der Waals surface area contributed by atoms with E-state index in [1.54, 1.807) is 0 Å². The first-order valence-electron chi connectivity index (χ1n) is 6.50. The van der Waals surface area contributed by atoms with Crippen LogP contribution in [0.15, 0.2) is 17.0 Å². The molecular weight excluding hydrogens is 413 g/mol. The highest BCUT2D eigenvalue weighted by molar-refractivity contribution is 8.26. The highest BCUT2D eigenvalue weighted by atomic mass is 35.5. The molecular formula is C14H9Cl2NO6S2. The second-order valence-electron chi connectivity index (χ2n) is 4.65. The summed E-state index contributed by atoms with van der Waals surface area (Å²) in [5.41, 5.74) is 0.273. The zero-order valence-corrected chi connectivity index (χ0v) is 15.3. The minimum atomic E-state index is -1.20. The maximum Gasteiger partial charge on any atom is 0.341 e. The summed E-state index contributed by atoms with van der Waals surface area (Å²) in [5, 5.41) is 17.9. The molecule has 0 radical (unpaired) electrons. The standard InChI is InChI=1S/C14H9Cl2NO6S2/c15-7-1-6(12(8(16)3-7)23-5-11(20)21)2-9-13(22)17(4-10(18)19)14(24)25-9/h1-3H,4-5H2,(H,18,19)(H,20,21). The number of rotatable bonds is 6. The van der Waals surface area contributed by atoms with Gasteiger partial charge in [0.2, 0.25) is 0 Å². The first-order chi connectivity index (χ1) is 11.7. The van der Waals surface area contributed by atoms with E-state index in [9.17, 15) is 14.4 Å². The number of thioether (sulfide) groups is 1. The van der Waals surface area contributed by atoms with Crippen molar-refractivity contribution >= 4 is 75.4 Å². The number of ether oxygens (including phenoxy) is 1. The molecule has 1 saturated heterocycles. The molecule has 11 heteroatoms. The molecule has 0 aromatic heterocycles. The van der Waals surface area contributed by atoms with Crippen LogP contribution in [-0.2, 0) is 14.4 Å². The van der Waals surface area contributed by atoms with Crippen LogP contribution >= 0.6 is 47.2 Å². The molecule has 0 spiro atoms. The first kappa shape index (κ1) is 19.5. The number of amides is 1. The van der Waals surface area contributed by atoms with Gasteiger partial charge in [-0.1, -0.05) is 47.2 Å². The van der Waals surface area contributed by atoms with Crippen molar-refractivity contribution in [3.63, 3.8) is 0 Å². The van der Waals surface area contributed by atoms with Gasteiger partial charge in [0.1, 0.15) is 16.6 Å². The number of carboxylic acid groups (broad SMARTS) is 2. The lowest BCUT2D eigenvalue weighted by atomic mass is 10.1. The Kier molecular flexibility index (Phi) is 6.28. The smallest absolute Gasteiger partial charge is 0.341 e. The number of aliphatic carboxylic acids is 2. The van der Waals surface area contributed by atoms with Crippen molar-refractivity contribution in [2.45, 2.75) is 0 Å². The van der Waals surface area contributed by atoms with Crippen LogP contribution in [0.5, 0.6) is 5.75 Å². The first-order valence-corrected chi connectivity index (χ1v) is 8.48. The fourth-order valence-electron chi connectivity index (χ4n) is 1.89. The van der Waals surface area contributed by atoms with Crippen LogP contribution in [0.4, 0.5) is 0 Å². The average molecular weight is 422 g/mol. The number of carboxylic acids is 2. The van der Waals surface area contributed by atoms with Gasteiger partial charge in [0, 0.05) is 10.6 Å². The fraction of sp³-hybridized carbons (Fsp3) is 0.143. The third kappa shape index (κ3) is 4.85. The van der Waals surface area contributed by atoms with Gasteiger partial charge in [0.25, 0.3) is 5.91 Å². The number of carbonyl (C=O) groups is 3. The molecule has 1 aromatic carbocycles. The summed E-state index contributed by atoms with van der Waals surface area (Å²) in [5.74, 6) is -2.95. The molecule has 7 nitrogen and oxygen atoms in total. The lowest BCUT2D eigenvalue weighted by molar-refractivity contribution is -0.140. The van der Waals surface area contributed by atoms with Crippen LogP contribution in [-0.4, -0.2) is 50.4 Å². The summed E-state index contributed by atoms with van der Waals surface area (Å²) in [6.07, 6.45) is 1.37. The van der Waals surface area contributed by atoms with Crippen LogP contribution in [0.1, 0.15) is 5.56 Å². The predicted octanol–water partition coefficient (Wildman–Crippen LogP) is 2.74. The van der Waals surface area contributed by atoms with E-state index in [-0.39, 0.29) is 30.6 Å². The van der Waals surface area contributed by atoms with Crippen molar-refractivity contribution in [3.8, 4) is 5.75 Å². The topological polar surface area (TPSA) is 104 Å². The number of halogens is 2. The average Bonchev–Trinajstić information content (AvgIpc) is 2.73. The molecule has 132 valence electrons. The SMILES string of the molecule is O=C(O)COc1c(Cl)cc(Cl)cc1C=C1SC(=S)N(CC(=O)O)C1=O. The molecule has 1 fully saturated rings. The number of nitrogens with zero attached hydrogens (tertiary/aromatic N) is 1. The van der Waals surface area contributed by atoms with Gasteiger partial charge in [-0.15, -0.1) is 0 Å². The van der Waals surface area contributed by atoms with Gasteiger partial charge in [0.05, 0.1) is 9.93 Å². The summed E-state index contributed by atoms with van der Waals surface area (Å²) in [7, 11) is 0. The number of thiocarbonyl (C=S) groups is 1. The van der Waals surface area contributed by atoms with Crippen LogP contribution in [0.25, 0.3) is 6.08 Å². The predicted molar refractivity (Wildman–Crippen MR) is 97.1 cm³/mol. The molecule has 1 aliphatic rings. The third-order valence-corrected chi connectivity index (χ3v) is 4.71. The van der Waals surface area contributed by atoms with Crippen LogP contribution in [0.3, 0.4) is 0 Å². The Morgan fingerprint density at radius 3 is 2.56 bits per heavy atom. The maximum atomic E-state index is 12.3. The molecule has 0 unspecified atom stereocenters. The summed E-state index contributed by atoms with van der Waals surface area (Å²) in [6.45, 7) is -1.19. The van der Waals surface area contributed by atoms with Gasteiger partial charge < -0.3 is 14.9 Å². The lowest BCUT2D eigenvalue weighted by Gasteiger charge is -2.11. The Morgan fingerprint density at radius 1 is 1.28 bits per heavy atom. The fourth-order valence-corrected chi connectivity index (χ4v) is 3.70. The molecule has 1 amide bonds. The second-order valence-corrected chi connectivity index (χ2v) is 7.17. The van der Waals surface area contributed by atoms with E-state index in [2.05, 4.69) is 0 Å². The molecule has 2 N–H and O–H groups in total. The molecule has 0 atom stereocenters. The van der Waals surface area contributed by atoms with Crippen LogP contribution < -0.4 is 4.74 Å². The van der Waals surface area contributed by atoms with Crippen molar-refractivity contribution in [1.82, 2.24) is 4.90 Å². The Morgan fingerprint density at radius 2 is 1.96 bits per heavy atom. The van der Waals surface area contributed by atoms with E-state index in [0.717, 1.165) is 16.7 Å². The van der Waals surface area contributed by atoms with E-state index in [1.807, 2.05) is 0 Å². The minimum Gasteiger partial charge on any atom is -0.480 e. The highest BCUT2D eigenvalue weighted by Crippen LogP contribution is 2.38. The van der Waals surface area contributed by atoms with Crippen molar-refractivity contribution < 1.29 is 29.3 Å². The van der Waals surface area contributed by atoms with Gasteiger partial charge in [0.15, 0.2) is 6.61 Å². The van der Waals surface area contributed by atoms with E-state index in [1.165, 1.54) is 18.2 Å². The van der Waals surface area contributed by atoms with Gasteiger partial charge in [-0.2, -0.15) is 0 Å². The van der Waals surface area contributed by atoms with Crippen molar-refractivity contribution in [2.24, 2.45) is 0 Å². The van der Waals surface area contributed by atoms with Crippen LogP contribution in [0, 0.1) is 0 Å². The number of hydrogen-bond donors (Lipinski definition) is 2. The van der Waals surface area contributed by atoms with Gasteiger partial charge in [-0.3, -0.25) is 14.5 Å². The molecule has 2 rings (SSSR count). The Hall–Kier alpha value is -1.81. The summed E-state index contributed by atoms with van der Waals surface area (Å²) in [4.78, 5) is 34.9. The lowest BCUT2D eigenvalue weighted by Crippen LogP contribution is -2.33. The second kappa shape index (κ2) is 8.05. The van der Waals surface area contributed by atoms with E-state index in [4.69, 9.17) is 50.4 Å². The number of carbonyl (C=O) groups excluding carboxylic acids is 1. The molecule has 0 aliphatic carbocycles. The van der Waals surface area contributed by atoms with Crippen molar-refractivity contribution in [2.75, 3.05) is 13.2 Å². The number of hydrogen-bond acceptors (Lipinski definition) is 6. The summed E-state index contributed by atoms with van der Waals surface area (Å²) in [6, 6.07) is 2.81. The highest BCUT2D eigenvalue weighted by Gasteiger charge is 2.33. The molecule has 1 heterocycles. The zero-order valence-electron chi connectivity index (χ0n) is 12.2. The van der Waals surface area contributed by atoms with Crippen molar-refractivity contribution in [3.05, 3.63) is 32.6 Å². The normalized spacial score (nSPS) is 15.8. The minimum absolute atomic E-state index is 0.0389.